The first-order chi connectivity index (χ1) is 5.07. The Bertz CT molecular complexity index is 188. The molecule has 0 aromatic carbocycles. The van der Waals surface area contributed by atoms with Gasteiger partial charge in [-0.05, 0) is 6.92 Å². The molecular formula is C6H9ClO5. The van der Waals surface area contributed by atoms with Crippen LogP contribution in [-0.2, 0) is 19.1 Å². The predicted molar refractivity (Wildman–Crippen MR) is 41.1 cm³/mol. The number of ketones is 1. The molecule has 0 atom stereocenters. The van der Waals surface area contributed by atoms with E-state index in [2.05, 4.69) is 4.74 Å². The van der Waals surface area contributed by atoms with E-state index in [9.17, 15) is 14.4 Å². The zero-order valence-electron chi connectivity index (χ0n) is 6.40. The molecule has 1 N–H and O–H groups in total. The van der Waals surface area contributed by atoms with Gasteiger partial charge in [0.2, 0.25) is 0 Å². The highest BCUT2D eigenvalue weighted by molar-refractivity contribution is 6.36. The number of Topliss-reactive ketones (excluding diaryl/α,β-unsaturated/α-hetero) is 1. The molecule has 0 unspecified atom stereocenters. The molecule has 0 aliphatic heterocycles. The number of halogens is 1. The lowest BCUT2D eigenvalue weighted by Crippen LogP contribution is -2.20. The summed E-state index contributed by atoms with van der Waals surface area (Å²) in [4.78, 5) is 30.8. The number of aliphatic carboxylic acids is 1. The summed E-state index contributed by atoms with van der Waals surface area (Å²) in [5.41, 5.74) is 0. The van der Waals surface area contributed by atoms with Gasteiger partial charge in [-0.25, -0.2) is 4.79 Å². The molecule has 12 heavy (non-hydrogen) atoms. The van der Waals surface area contributed by atoms with Gasteiger partial charge in [-0.1, -0.05) is 0 Å². The van der Waals surface area contributed by atoms with Crippen LogP contribution in [0.3, 0.4) is 0 Å². The standard InChI is InChI=1S/C6H8O5.ClH/c1-2-11-6(10)4(7)3-5(8)9;/h2-3H2,1H3,(H,8,9);1H. The van der Waals surface area contributed by atoms with Crippen LogP contribution >= 0.6 is 12.4 Å². The Kier molecular flexibility index (Phi) is 7.42. The van der Waals surface area contributed by atoms with Gasteiger partial charge < -0.3 is 9.84 Å². The molecule has 5 nitrogen and oxygen atoms in total. The second kappa shape index (κ2) is 6.60. The van der Waals surface area contributed by atoms with Gasteiger partial charge in [0, 0.05) is 0 Å². The molecule has 0 saturated heterocycles. The normalized spacial score (nSPS) is 8.08. The maximum Gasteiger partial charge on any atom is 0.375 e. The van der Waals surface area contributed by atoms with E-state index in [0.717, 1.165) is 0 Å². The second-order valence-corrected chi connectivity index (χ2v) is 1.71. The largest absolute Gasteiger partial charge is 0.481 e. The summed E-state index contributed by atoms with van der Waals surface area (Å²) in [7, 11) is 0. The van der Waals surface area contributed by atoms with Crippen molar-refractivity contribution in [3.8, 4) is 0 Å². The summed E-state index contributed by atoms with van der Waals surface area (Å²) in [6.45, 7) is 1.61. The van der Waals surface area contributed by atoms with Crippen LogP contribution in [-0.4, -0.2) is 29.4 Å². The third-order valence-electron chi connectivity index (χ3n) is 0.815. The minimum Gasteiger partial charge on any atom is -0.481 e. The van der Waals surface area contributed by atoms with E-state index in [1.165, 1.54) is 6.92 Å². The van der Waals surface area contributed by atoms with Crippen molar-refractivity contribution in [2.24, 2.45) is 0 Å². The van der Waals surface area contributed by atoms with Crippen LogP contribution in [0, 0.1) is 0 Å². The fourth-order valence-electron chi connectivity index (χ4n) is 0.421. The summed E-state index contributed by atoms with van der Waals surface area (Å²) in [5, 5.41) is 8.07. The Morgan fingerprint density at radius 3 is 2.17 bits per heavy atom. The van der Waals surface area contributed by atoms with Crippen LogP contribution in [0.1, 0.15) is 13.3 Å². The fraction of sp³-hybridized carbons (Fsp3) is 0.500. The smallest absolute Gasteiger partial charge is 0.375 e. The highest BCUT2D eigenvalue weighted by atomic mass is 35.5. The minimum absolute atomic E-state index is 0. The zero-order chi connectivity index (χ0) is 8.85. The molecule has 0 saturated carbocycles. The van der Waals surface area contributed by atoms with Gasteiger partial charge in [0.25, 0.3) is 5.78 Å². The maximum atomic E-state index is 10.5. The van der Waals surface area contributed by atoms with Crippen molar-refractivity contribution in [1.82, 2.24) is 0 Å². The average Bonchev–Trinajstić information content (AvgIpc) is 1.86. The first kappa shape index (κ1) is 13.5. The number of carboxylic acid groups (broad SMARTS) is 1. The molecule has 0 bridgehead atoms. The maximum absolute atomic E-state index is 10.5. The molecule has 0 aliphatic carbocycles. The van der Waals surface area contributed by atoms with Crippen LogP contribution in [0.2, 0.25) is 0 Å². The summed E-state index contributed by atoms with van der Waals surface area (Å²) in [6.07, 6.45) is -0.807. The lowest BCUT2D eigenvalue weighted by molar-refractivity contribution is -0.156. The van der Waals surface area contributed by atoms with Crippen molar-refractivity contribution < 1.29 is 24.2 Å². The molecule has 70 valence electrons. The zero-order valence-corrected chi connectivity index (χ0v) is 7.22. The lowest BCUT2D eigenvalue weighted by Gasteiger charge is -1.96. The number of carbonyl (C=O) groups excluding carboxylic acids is 2. The topological polar surface area (TPSA) is 80.7 Å². The molecule has 0 amide bonds. The van der Waals surface area contributed by atoms with E-state index in [0.29, 0.717) is 0 Å². The molecule has 0 radical (unpaired) electrons. The van der Waals surface area contributed by atoms with Gasteiger partial charge in [-0.3, -0.25) is 9.59 Å². The van der Waals surface area contributed by atoms with Gasteiger partial charge in [-0.2, -0.15) is 0 Å². The first-order valence-electron chi connectivity index (χ1n) is 2.99. The number of ether oxygens (including phenoxy) is 1. The summed E-state index contributed by atoms with van der Waals surface area (Å²) < 4.78 is 4.25. The quantitative estimate of drug-likeness (QED) is 0.389. The summed E-state index contributed by atoms with van der Waals surface area (Å²) in [6, 6.07) is 0. The third kappa shape index (κ3) is 5.67. The number of carboxylic acids is 1. The first-order valence-corrected chi connectivity index (χ1v) is 2.99. The Balaban J connectivity index is 0. The molecule has 6 heteroatoms. The van der Waals surface area contributed by atoms with Crippen molar-refractivity contribution in [1.29, 1.82) is 0 Å². The van der Waals surface area contributed by atoms with Crippen molar-refractivity contribution in [3.05, 3.63) is 0 Å². The number of esters is 1. The van der Waals surface area contributed by atoms with Crippen LogP contribution in [0.4, 0.5) is 0 Å². The molecular weight excluding hydrogens is 188 g/mol. The van der Waals surface area contributed by atoms with Crippen molar-refractivity contribution >= 4 is 30.1 Å². The van der Waals surface area contributed by atoms with E-state index in [-0.39, 0.29) is 19.0 Å². The van der Waals surface area contributed by atoms with Gasteiger partial charge in [0.15, 0.2) is 0 Å². The third-order valence-corrected chi connectivity index (χ3v) is 0.815. The Hall–Kier alpha value is -1.10. The Morgan fingerprint density at radius 2 is 1.83 bits per heavy atom. The van der Waals surface area contributed by atoms with E-state index < -0.39 is 24.1 Å². The number of hydrogen-bond acceptors (Lipinski definition) is 4. The second-order valence-electron chi connectivity index (χ2n) is 1.71. The average molecular weight is 197 g/mol. The van der Waals surface area contributed by atoms with Crippen molar-refractivity contribution in [3.63, 3.8) is 0 Å². The molecule has 0 aliphatic rings. The highest BCUT2D eigenvalue weighted by Gasteiger charge is 2.17. The lowest BCUT2D eigenvalue weighted by atomic mass is 10.3. The van der Waals surface area contributed by atoms with Crippen LogP contribution in [0.5, 0.6) is 0 Å². The fourth-order valence-corrected chi connectivity index (χ4v) is 0.421. The Morgan fingerprint density at radius 1 is 1.33 bits per heavy atom. The summed E-state index contributed by atoms with van der Waals surface area (Å²) in [5.74, 6) is -3.45. The Labute approximate surface area is 75.1 Å². The van der Waals surface area contributed by atoms with Gasteiger partial charge in [0.1, 0.15) is 6.42 Å². The minimum atomic E-state index is -1.33. The molecule has 0 rings (SSSR count). The van der Waals surface area contributed by atoms with Crippen LogP contribution in [0.25, 0.3) is 0 Å². The van der Waals surface area contributed by atoms with E-state index >= 15 is 0 Å². The SMILES string of the molecule is CCOC(=O)C(=O)CC(=O)O.Cl. The van der Waals surface area contributed by atoms with Gasteiger partial charge in [0.05, 0.1) is 6.61 Å². The number of carbonyl (C=O) groups is 3. The highest BCUT2D eigenvalue weighted by Crippen LogP contribution is 1.87. The predicted octanol–water partition coefficient (Wildman–Crippen LogP) is 0.0151. The van der Waals surface area contributed by atoms with E-state index in [1.807, 2.05) is 0 Å². The van der Waals surface area contributed by atoms with Crippen LogP contribution < -0.4 is 0 Å². The monoisotopic (exact) mass is 196 g/mol. The van der Waals surface area contributed by atoms with E-state index in [1.54, 1.807) is 0 Å². The van der Waals surface area contributed by atoms with E-state index in [4.69, 9.17) is 5.11 Å². The van der Waals surface area contributed by atoms with Crippen molar-refractivity contribution in [2.75, 3.05) is 6.61 Å². The number of rotatable bonds is 4. The summed E-state index contributed by atoms with van der Waals surface area (Å²) >= 11 is 0. The molecule has 0 fully saturated rings. The molecule has 0 spiro atoms. The molecule has 0 aromatic rings. The van der Waals surface area contributed by atoms with Gasteiger partial charge >= 0.3 is 11.9 Å². The number of hydrogen-bond donors (Lipinski definition) is 1. The van der Waals surface area contributed by atoms with Gasteiger partial charge in [-0.15, -0.1) is 12.4 Å². The van der Waals surface area contributed by atoms with Crippen LogP contribution in [0.15, 0.2) is 0 Å². The molecule has 0 aromatic heterocycles. The van der Waals surface area contributed by atoms with Crippen molar-refractivity contribution in [2.45, 2.75) is 13.3 Å². The molecule has 0 heterocycles.